The number of para-hydroxylation sites is 1. The summed E-state index contributed by atoms with van der Waals surface area (Å²) < 4.78 is 1.68. The van der Waals surface area contributed by atoms with Gasteiger partial charge < -0.3 is 10.2 Å². The maximum absolute atomic E-state index is 12.2. The second-order valence-electron chi connectivity index (χ2n) is 6.17. The standard InChI is InChI=1S/C16H22N6O/c1-12(2)15(23)21-10-6-7-13(11-21)17-16-18-19-20-22(16)14-8-4-3-5-9-14/h3-5,8-9,12-13H,6-7,10-11H2,1-2H3,(H,17,18,20). The second kappa shape index (κ2) is 6.76. The Morgan fingerprint density at radius 1 is 1.30 bits per heavy atom. The second-order valence-corrected chi connectivity index (χ2v) is 6.17. The lowest BCUT2D eigenvalue weighted by Gasteiger charge is -2.34. The van der Waals surface area contributed by atoms with E-state index in [1.807, 2.05) is 49.1 Å². The van der Waals surface area contributed by atoms with Gasteiger partial charge in [0.25, 0.3) is 0 Å². The SMILES string of the molecule is CC(C)C(=O)N1CCCC(Nc2nnnn2-c2ccccc2)C1. The summed E-state index contributed by atoms with van der Waals surface area (Å²) in [6.45, 7) is 5.40. The molecule has 7 heteroatoms. The molecule has 1 aromatic heterocycles. The highest BCUT2D eigenvalue weighted by Crippen LogP contribution is 2.18. The third kappa shape index (κ3) is 3.49. The minimum atomic E-state index is 0.0309. The van der Waals surface area contributed by atoms with Crippen LogP contribution in [0.4, 0.5) is 5.95 Å². The van der Waals surface area contributed by atoms with E-state index in [0.29, 0.717) is 12.5 Å². The van der Waals surface area contributed by atoms with E-state index < -0.39 is 0 Å². The summed E-state index contributed by atoms with van der Waals surface area (Å²) in [4.78, 5) is 14.1. The van der Waals surface area contributed by atoms with Crippen molar-refractivity contribution in [1.29, 1.82) is 0 Å². The normalized spacial score (nSPS) is 18.2. The topological polar surface area (TPSA) is 75.9 Å². The van der Waals surface area contributed by atoms with E-state index >= 15 is 0 Å². The molecule has 2 heterocycles. The van der Waals surface area contributed by atoms with Crippen molar-refractivity contribution in [3.05, 3.63) is 30.3 Å². The smallest absolute Gasteiger partial charge is 0.248 e. The first-order valence-corrected chi connectivity index (χ1v) is 8.04. The van der Waals surface area contributed by atoms with E-state index in [-0.39, 0.29) is 17.9 Å². The number of aromatic nitrogens is 4. The Morgan fingerprint density at radius 2 is 2.09 bits per heavy atom. The third-order valence-corrected chi connectivity index (χ3v) is 4.03. The molecule has 1 amide bonds. The van der Waals surface area contributed by atoms with Crippen LogP contribution in [0.1, 0.15) is 26.7 Å². The average Bonchev–Trinajstić information content (AvgIpc) is 3.03. The fourth-order valence-electron chi connectivity index (χ4n) is 2.86. The molecule has 122 valence electrons. The molecule has 1 aromatic carbocycles. The van der Waals surface area contributed by atoms with Crippen molar-refractivity contribution in [2.24, 2.45) is 5.92 Å². The molecule has 1 aliphatic rings. The van der Waals surface area contributed by atoms with Crippen LogP contribution in [-0.2, 0) is 4.79 Å². The van der Waals surface area contributed by atoms with Gasteiger partial charge in [0.15, 0.2) is 0 Å². The number of carbonyl (C=O) groups is 1. The van der Waals surface area contributed by atoms with E-state index in [2.05, 4.69) is 20.8 Å². The molecule has 3 rings (SSSR count). The summed E-state index contributed by atoms with van der Waals surface area (Å²) in [6, 6.07) is 9.93. The number of piperidine rings is 1. The van der Waals surface area contributed by atoms with E-state index in [1.54, 1.807) is 4.68 Å². The number of tetrazole rings is 1. The van der Waals surface area contributed by atoms with Crippen LogP contribution in [-0.4, -0.2) is 50.1 Å². The highest BCUT2D eigenvalue weighted by atomic mass is 16.2. The third-order valence-electron chi connectivity index (χ3n) is 4.03. The molecule has 2 aromatic rings. The Bertz CT molecular complexity index is 654. The fraction of sp³-hybridized carbons (Fsp3) is 0.500. The Labute approximate surface area is 135 Å². The van der Waals surface area contributed by atoms with Crippen LogP contribution in [0.5, 0.6) is 0 Å². The zero-order chi connectivity index (χ0) is 16.2. The Balaban J connectivity index is 1.71. The molecule has 1 saturated heterocycles. The molecule has 23 heavy (non-hydrogen) atoms. The molecule has 1 fully saturated rings. The molecule has 1 unspecified atom stereocenters. The van der Waals surface area contributed by atoms with Crippen molar-refractivity contribution in [2.45, 2.75) is 32.7 Å². The van der Waals surface area contributed by atoms with Crippen molar-refractivity contribution in [3.63, 3.8) is 0 Å². The van der Waals surface area contributed by atoms with Crippen molar-refractivity contribution in [2.75, 3.05) is 18.4 Å². The molecule has 7 nitrogen and oxygen atoms in total. The van der Waals surface area contributed by atoms with Gasteiger partial charge >= 0.3 is 0 Å². The maximum atomic E-state index is 12.2. The summed E-state index contributed by atoms with van der Waals surface area (Å²) in [5.74, 6) is 0.850. The lowest BCUT2D eigenvalue weighted by Crippen LogP contribution is -2.46. The van der Waals surface area contributed by atoms with Gasteiger partial charge in [0.1, 0.15) is 0 Å². The zero-order valence-electron chi connectivity index (χ0n) is 13.5. The largest absolute Gasteiger partial charge is 0.348 e. The monoisotopic (exact) mass is 314 g/mol. The predicted molar refractivity (Wildman–Crippen MR) is 87.2 cm³/mol. The lowest BCUT2D eigenvalue weighted by molar-refractivity contribution is -0.135. The maximum Gasteiger partial charge on any atom is 0.248 e. The number of anilines is 1. The van der Waals surface area contributed by atoms with Crippen LogP contribution in [0.25, 0.3) is 5.69 Å². The van der Waals surface area contributed by atoms with Crippen LogP contribution in [0.3, 0.4) is 0 Å². The Morgan fingerprint density at radius 3 is 2.83 bits per heavy atom. The molecule has 0 radical (unpaired) electrons. The quantitative estimate of drug-likeness (QED) is 0.930. The number of hydrogen-bond donors (Lipinski definition) is 1. The molecule has 1 N–H and O–H groups in total. The first-order chi connectivity index (χ1) is 11.1. The van der Waals surface area contributed by atoms with Crippen molar-refractivity contribution < 1.29 is 4.79 Å². The van der Waals surface area contributed by atoms with Crippen LogP contribution in [0.15, 0.2) is 30.3 Å². The van der Waals surface area contributed by atoms with Crippen LogP contribution < -0.4 is 5.32 Å². The van der Waals surface area contributed by atoms with Gasteiger partial charge in [0, 0.05) is 25.0 Å². The van der Waals surface area contributed by atoms with E-state index in [4.69, 9.17) is 0 Å². The van der Waals surface area contributed by atoms with Gasteiger partial charge in [-0.3, -0.25) is 4.79 Å². The molecule has 0 bridgehead atoms. The predicted octanol–water partition coefficient (Wildman–Crippen LogP) is 1.72. The van der Waals surface area contributed by atoms with E-state index in [9.17, 15) is 4.79 Å². The Hall–Kier alpha value is -2.44. The van der Waals surface area contributed by atoms with Gasteiger partial charge in [-0.1, -0.05) is 37.1 Å². The first-order valence-electron chi connectivity index (χ1n) is 8.04. The molecule has 0 saturated carbocycles. The summed E-state index contributed by atoms with van der Waals surface area (Å²) in [6.07, 6.45) is 1.99. The number of nitrogens with one attached hydrogen (secondary N) is 1. The number of hydrogen-bond acceptors (Lipinski definition) is 5. The van der Waals surface area contributed by atoms with Crippen LogP contribution >= 0.6 is 0 Å². The number of amides is 1. The number of carbonyl (C=O) groups excluding carboxylic acids is 1. The van der Waals surface area contributed by atoms with Gasteiger partial charge in [0.05, 0.1) is 5.69 Å². The van der Waals surface area contributed by atoms with Gasteiger partial charge in [-0.15, -0.1) is 0 Å². The molecule has 1 aliphatic heterocycles. The van der Waals surface area contributed by atoms with E-state index in [0.717, 1.165) is 25.1 Å². The minimum absolute atomic E-state index is 0.0309. The van der Waals surface area contributed by atoms with Gasteiger partial charge in [0.2, 0.25) is 11.9 Å². The van der Waals surface area contributed by atoms with Crippen LogP contribution in [0, 0.1) is 5.92 Å². The summed E-state index contributed by atoms with van der Waals surface area (Å²) >= 11 is 0. The van der Waals surface area contributed by atoms with Crippen molar-refractivity contribution >= 4 is 11.9 Å². The van der Waals surface area contributed by atoms with E-state index in [1.165, 1.54) is 0 Å². The summed E-state index contributed by atoms with van der Waals surface area (Å²) in [7, 11) is 0. The minimum Gasteiger partial charge on any atom is -0.348 e. The van der Waals surface area contributed by atoms with Crippen molar-refractivity contribution in [3.8, 4) is 5.69 Å². The van der Waals surface area contributed by atoms with Gasteiger partial charge in [-0.05, 0) is 35.4 Å². The fourth-order valence-corrected chi connectivity index (χ4v) is 2.86. The van der Waals surface area contributed by atoms with Gasteiger partial charge in [-0.2, -0.15) is 4.68 Å². The molecule has 0 aliphatic carbocycles. The zero-order valence-corrected chi connectivity index (χ0v) is 13.5. The molecular weight excluding hydrogens is 292 g/mol. The number of rotatable bonds is 4. The lowest BCUT2D eigenvalue weighted by atomic mass is 10.0. The molecule has 1 atom stereocenters. The highest BCUT2D eigenvalue weighted by Gasteiger charge is 2.26. The van der Waals surface area contributed by atoms with Gasteiger partial charge in [-0.25, -0.2) is 0 Å². The van der Waals surface area contributed by atoms with Crippen LogP contribution in [0.2, 0.25) is 0 Å². The average molecular weight is 314 g/mol. The van der Waals surface area contributed by atoms with Crippen molar-refractivity contribution in [1.82, 2.24) is 25.1 Å². The first kappa shape index (κ1) is 15.5. The highest BCUT2D eigenvalue weighted by molar-refractivity contribution is 5.78. The number of nitrogens with zero attached hydrogens (tertiary/aromatic N) is 5. The Kier molecular flexibility index (Phi) is 4.55. The summed E-state index contributed by atoms with van der Waals surface area (Å²) in [5.41, 5.74) is 0.908. The number of benzene rings is 1. The summed E-state index contributed by atoms with van der Waals surface area (Å²) in [5, 5.41) is 15.3. The molecule has 0 spiro atoms. The molecular formula is C16H22N6O. The number of likely N-dealkylation sites (tertiary alicyclic amines) is 1.